The molecule has 7 heteroatoms. The number of nitrogens with zero attached hydrogens (tertiary/aromatic N) is 1. The molecular weight excluding hydrogens is 436 g/mol. The van der Waals surface area contributed by atoms with Crippen molar-refractivity contribution in [1.82, 2.24) is 10.2 Å². The largest absolute Gasteiger partial charge is 0.497 e. The van der Waals surface area contributed by atoms with Crippen LogP contribution < -0.4 is 14.8 Å². The molecule has 156 valence electrons. The van der Waals surface area contributed by atoms with Gasteiger partial charge in [0, 0.05) is 13.6 Å². The summed E-state index contributed by atoms with van der Waals surface area (Å²) < 4.78 is 11.8. The van der Waals surface area contributed by atoms with Crippen molar-refractivity contribution in [3.8, 4) is 11.5 Å². The minimum Gasteiger partial charge on any atom is -0.497 e. The lowest BCUT2D eigenvalue weighted by Gasteiger charge is -2.28. The van der Waals surface area contributed by atoms with E-state index in [0.29, 0.717) is 11.5 Å². The standard InChI is InChI=1S/C22H27BrN2O4/c1-5-16-9-10-20(19(23)12-16)29-14-21(26)25(15(2)22(27)24-3)13-17-7-6-8-18(11-17)28-4/h6-12,15H,5,13-14H2,1-4H3,(H,24,27). The van der Waals surface area contributed by atoms with Crippen molar-refractivity contribution >= 4 is 27.7 Å². The van der Waals surface area contributed by atoms with Crippen LogP contribution in [-0.2, 0) is 22.6 Å². The minimum absolute atomic E-state index is 0.171. The molecule has 2 rings (SSSR count). The van der Waals surface area contributed by atoms with Gasteiger partial charge in [-0.2, -0.15) is 0 Å². The highest BCUT2D eigenvalue weighted by Crippen LogP contribution is 2.26. The third kappa shape index (κ3) is 6.22. The van der Waals surface area contributed by atoms with Gasteiger partial charge in [-0.1, -0.05) is 25.1 Å². The summed E-state index contributed by atoms with van der Waals surface area (Å²) in [5.74, 6) is 0.758. The van der Waals surface area contributed by atoms with Gasteiger partial charge >= 0.3 is 0 Å². The van der Waals surface area contributed by atoms with E-state index in [4.69, 9.17) is 9.47 Å². The smallest absolute Gasteiger partial charge is 0.261 e. The van der Waals surface area contributed by atoms with Gasteiger partial charge in [-0.25, -0.2) is 0 Å². The number of likely N-dealkylation sites (N-methyl/N-ethyl adjacent to an activating group) is 1. The van der Waals surface area contributed by atoms with Crippen LogP contribution in [0.2, 0.25) is 0 Å². The summed E-state index contributed by atoms with van der Waals surface area (Å²) in [4.78, 5) is 26.6. The second-order valence-corrected chi connectivity index (χ2v) is 7.42. The van der Waals surface area contributed by atoms with Crippen LogP contribution in [0, 0.1) is 0 Å². The van der Waals surface area contributed by atoms with Crippen LogP contribution in [0.1, 0.15) is 25.0 Å². The molecule has 0 bridgehead atoms. The molecule has 0 fully saturated rings. The number of methoxy groups -OCH3 is 1. The summed E-state index contributed by atoms with van der Waals surface area (Å²) in [7, 11) is 3.14. The Balaban J connectivity index is 2.16. The minimum atomic E-state index is -0.645. The van der Waals surface area contributed by atoms with E-state index in [2.05, 4.69) is 28.2 Å². The lowest BCUT2D eigenvalue weighted by molar-refractivity contribution is -0.142. The lowest BCUT2D eigenvalue weighted by Crippen LogP contribution is -2.48. The van der Waals surface area contributed by atoms with Crippen molar-refractivity contribution in [2.45, 2.75) is 32.9 Å². The molecule has 0 saturated heterocycles. The third-order valence-electron chi connectivity index (χ3n) is 4.66. The molecular formula is C22H27BrN2O4. The number of benzene rings is 2. The second kappa shape index (κ2) is 10.9. The molecule has 2 amide bonds. The van der Waals surface area contributed by atoms with Gasteiger partial charge in [-0.05, 0) is 64.7 Å². The Kier molecular flexibility index (Phi) is 8.51. The monoisotopic (exact) mass is 462 g/mol. The molecule has 29 heavy (non-hydrogen) atoms. The molecule has 6 nitrogen and oxygen atoms in total. The average Bonchev–Trinajstić information content (AvgIpc) is 2.75. The molecule has 1 unspecified atom stereocenters. The first-order chi connectivity index (χ1) is 13.9. The van der Waals surface area contributed by atoms with Crippen LogP contribution in [0.3, 0.4) is 0 Å². The van der Waals surface area contributed by atoms with Crippen molar-refractivity contribution in [1.29, 1.82) is 0 Å². The summed E-state index contributed by atoms with van der Waals surface area (Å²) in [5.41, 5.74) is 2.03. The second-order valence-electron chi connectivity index (χ2n) is 6.57. The quantitative estimate of drug-likeness (QED) is 0.618. The number of aryl methyl sites for hydroxylation is 1. The molecule has 2 aromatic rings. The van der Waals surface area contributed by atoms with E-state index in [1.807, 2.05) is 42.5 Å². The molecule has 0 aromatic heterocycles. The van der Waals surface area contributed by atoms with Gasteiger partial charge in [0.25, 0.3) is 5.91 Å². The number of halogens is 1. The lowest BCUT2D eigenvalue weighted by atomic mass is 10.1. The zero-order valence-electron chi connectivity index (χ0n) is 17.2. The molecule has 0 heterocycles. The van der Waals surface area contributed by atoms with Gasteiger partial charge in [-0.15, -0.1) is 0 Å². The molecule has 0 aliphatic heterocycles. The summed E-state index contributed by atoms with van der Waals surface area (Å²) in [6.07, 6.45) is 0.912. The Morgan fingerprint density at radius 2 is 1.93 bits per heavy atom. The highest BCUT2D eigenvalue weighted by Gasteiger charge is 2.26. The van der Waals surface area contributed by atoms with Gasteiger partial charge in [0.05, 0.1) is 11.6 Å². The highest BCUT2D eigenvalue weighted by atomic mass is 79.9. The number of hydrogen-bond donors (Lipinski definition) is 1. The number of nitrogens with one attached hydrogen (secondary N) is 1. The van der Waals surface area contributed by atoms with E-state index in [1.54, 1.807) is 21.1 Å². The first kappa shape index (κ1) is 22.7. The third-order valence-corrected chi connectivity index (χ3v) is 5.28. The zero-order chi connectivity index (χ0) is 21.4. The molecule has 0 radical (unpaired) electrons. The van der Waals surface area contributed by atoms with Crippen LogP contribution >= 0.6 is 15.9 Å². The predicted octanol–water partition coefficient (Wildman–Crippen LogP) is 3.56. The van der Waals surface area contributed by atoms with Gasteiger partial charge < -0.3 is 19.7 Å². The summed E-state index contributed by atoms with van der Waals surface area (Å²) in [5, 5.41) is 2.60. The van der Waals surface area contributed by atoms with E-state index < -0.39 is 6.04 Å². The van der Waals surface area contributed by atoms with E-state index in [1.165, 1.54) is 10.5 Å². The van der Waals surface area contributed by atoms with Gasteiger partial charge in [0.2, 0.25) is 5.91 Å². The van der Waals surface area contributed by atoms with Crippen molar-refractivity contribution in [2.75, 3.05) is 20.8 Å². The predicted molar refractivity (Wildman–Crippen MR) is 116 cm³/mol. The first-order valence-corrected chi connectivity index (χ1v) is 10.2. The number of amides is 2. The van der Waals surface area contributed by atoms with Crippen molar-refractivity contribution in [2.24, 2.45) is 0 Å². The number of carbonyl (C=O) groups excluding carboxylic acids is 2. The number of ether oxygens (including phenoxy) is 2. The van der Waals surface area contributed by atoms with Gasteiger partial charge in [0.15, 0.2) is 6.61 Å². The van der Waals surface area contributed by atoms with Crippen molar-refractivity contribution in [3.63, 3.8) is 0 Å². The molecule has 0 aliphatic rings. The Bertz CT molecular complexity index is 856. The summed E-state index contributed by atoms with van der Waals surface area (Å²) >= 11 is 3.48. The fraction of sp³-hybridized carbons (Fsp3) is 0.364. The van der Waals surface area contributed by atoms with E-state index in [-0.39, 0.29) is 25.0 Å². The van der Waals surface area contributed by atoms with E-state index >= 15 is 0 Å². The molecule has 0 saturated carbocycles. The van der Waals surface area contributed by atoms with Crippen LogP contribution in [0.25, 0.3) is 0 Å². The fourth-order valence-corrected chi connectivity index (χ4v) is 3.40. The average molecular weight is 463 g/mol. The maximum atomic E-state index is 12.9. The maximum absolute atomic E-state index is 12.9. The number of carbonyl (C=O) groups is 2. The maximum Gasteiger partial charge on any atom is 0.261 e. The Hall–Kier alpha value is -2.54. The molecule has 0 aliphatic carbocycles. The van der Waals surface area contributed by atoms with E-state index in [9.17, 15) is 9.59 Å². The highest BCUT2D eigenvalue weighted by molar-refractivity contribution is 9.10. The normalized spacial score (nSPS) is 11.5. The van der Waals surface area contributed by atoms with Crippen LogP contribution in [0.15, 0.2) is 46.9 Å². The van der Waals surface area contributed by atoms with Crippen molar-refractivity contribution < 1.29 is 19.1 Å². The Labute approximate surface area is 180 Å². The number of rotatable bonds is 9. The molecule has 0 spiro atoms. The van der Waals surface area contributed by atoms with Gasteiger partial charge in [-0.3, -0.25) is 9.59 Å². The van der Waals surface area contributed by atoms with Crippen LogP contribution in [0.5, 0.6) is 11.5 Å². The first-order valence-electron chi connectivity index (χ1n) is 9.44. The topological polar surface area (TPSA) is 67.9 Å². The van der Waals surface area contributed by atoms with Crippen LogP contribution in [0.4, 0.5) is 0 Å². The summed E-state index contributed by atoms with van der Waals surface area (Å²) in [6.45, 7) is 3.87. The van der Waals surface area contributed by atoms with Crippen LogP contribution in [-0.4, -0.2) is 43.5 Å². The SMILES string of the molecule is CCc1ccc(OCC(=O)N(Cc2cccc(OC)c2)C(C)C(=O)NC)c(Br)c1. The van der Waals surface area contributed by atoms with Crippen molar-refractivity contribution in [3.05, 3.63) is 58.1 Å². The Morgan fingerprint density at radius 3 is 2.55 bits per heavy atom. The Morgan fingerprint density at radius 1 is 1.17 bits per heavy atom. The fourth-order valence-electron chi connectivity index (χ4n) is 2.86. The molecule has 1 atom stereocenters. The molecule has 1 N–H and O–H groups in total. The zero-order valence-corrected chi connectivity index (χ0v) is 18.8. The summed E-state index contributed by atoms with van der Waals surface area (Å²) in [6, 6.07) is 12.5. The van der Waals surface area contributed by atoms with Gasteiger partial charge in [0.1, 0.15) is 17.5 Å². The molecule has 2 aromatic carbocycles. The van der Waals surface area contributed by atoms with E-state index in [0.717, 1.165) is 16.5 Å². The number of hydrogen-bond acceptors (Lipinski definition) is 4.